The summed E-state index contributed by atoms with van der Waals surface area (Å²) in [5.74, 6) is 2.08. The van der Waals surface area contributed by atoms with Gasteiger partial charge in [-0.1, -0.05) is 36.1 Å². The molecule has 1 atom stereocenters. The van der Waals surface area contributed by atoms with Crippen molar-refractivity contribution in [3.63, 3.8) is 0 Å². The molecule has 3 heterocycles. The zero-order valence-electron chi connectivity index (χ0n) is 16.9. The van der Waals surface area contributed by atoms with E-state index in [4.69, 9.17) is 9.47 Å². The number of amides is 1. The maximum Gasteiger partial charge on any atom is 0.226 e. The van der Waals surface area contributed by atoms with E-state index in [1.165, 1.54) is 11.3 Å². The normalized spacial score (nSPS) is 15.4. The molecule has 1 aliphatic rings. The van der Waals surface area contributed by atoms with Crippen LogP contribution in [0.3, 0.4) is 0 Å². The molecule has 8 heteroatoms. The number of nitrogens with zero attached hydrogens (tertiary/aromatic N) is 3. The Labute approximate surface area is 182 Å². The minimum atomic E-state index is -0.0829. The van der Waals surface area contributed by atoms with E-state index in [1.54, 1.807) is 17.9 Å². The molecule has 31 heavy (non-hydrogen) atoms. The number of ether oxygens (including phenoxy) is 2. The Morgan fingerprint density at radius 2 is 2.06 bits per heavy atom. The summed E-state index contributed by atoms with van der Waals surface area (Å²) in [6.45, 7) is 4.12. The second-order valence-electron chi connectivity index (χ2n) is 7.16. The van der Waals surface area contributed by atoms with E-state index in [0.717, 1.165) is 32.8 Å². The minimum absolute atomic E-state index is 0.0472. The van der Waals surface area contributed by atoms with Gasteiger partial charge in [-0.3, -0.25) is 4.79 Å². The van der Waals surface area contributed by atoms with E-state index in [2.05, 4.69) is 22.0 Å². The topological polar surface area (TPSA) is 78.3 Å². The lowest BCUT2D eigenvalue weighted by Gasteiger charge is -2.23. The molecular formula is C23H20N4O3S. The first-order valence-corrected chi connectivity index (χ1v) is 10.6. The van der Waals surface area contributed by atoms with Gasteiger partial charge in [0.25, 0.3) is 0 Å². The van der Waals surface area contributed by atoms with Crippen LogP contribution in [-0.4, -0.2) is 34.4 Å². The summed E-state index contributed by atoms with van der Waals surface area (Å²) in [5.41, 5.74) is 2.87. The highest BCUT2D eigenvalue weighted by atomic mass is 32.1. The molecule has 2 aromatic heterocycles. The molecule has 156 valence electrons. The molecule has 1 aliphatic heterocycles. The monoisotopic (exact) mass is 432 g/mol. The van der Waals surface area contributed by atoms with Crippen molar-refractivity contribution >= 4 is 33.3 Å². The summed E-state index contributed by atoms with van der Waals surface area (Å²) in [6, 6.07) is 13.6. The fourth-order valence-corrected chi connectivity index (χ4v) is 4.68. The predicted molar refractivity (Wildman–Crippen MR) is 121 cm³/mol. The molecule has 1 N–H and O–H groups in total. The van der Waals surface area contributed by atoms with Gasteiger partial charge in [-0.2, -0.15) is 9.78 Å². The number of nitrogens with one attached hydrogen (secondary N) is 1. The number of rotatable bonds is 6. The molecule has 1 amide bonds. The van der Waals surface area contributed by atoms with Gasteiger partial charge >= 0.3 is 0 Å². The van der Waals surface area contributed by atoms with Crippen molar-refractivity contribution in [2.24, 2.45) is 0 Å². The Bertz CT molecular complexity index is 1280. The maximum absolute atomic E-state index is 12.5. The Hall–Kier alpha value is -3.65. The van der Waals surface area contributed by atoms with Gasteiger partial charge in [-0.15, -0.1) is 0 Å². The SMILES string of the molecule is C=CCOc1ccc([C@@H]2CC(=O)Nc3c2cnn3-c2nc3ccc(OC)cc3s2)cc1. The number of hydrogen-bond acceptors (Lipinski definition) is 6. The second kappa shape index (κ2) is 7.88. The van der Waals surface area contributed by atoms with Crippen molar-refractivity contribution in [3.05, 3.63) is 72.4 Å². The standard InChI is InChI=1S/C23H20N4O3S/c1-3-10-30-15-6-4-14(5-7-15)17-12-21(28)26-22-18(17)13-24-27(22)23-25-19-9-8-16(29-2)11-20(19)31-23/h3-9,11,13,17H,1,10,12H2,2H3,(H,26,28)/t17-/m0/s1. The lowest BCUT2D eigenvalue weighted by atomic mass is 9.87. The number of methoxy groups -OCH3 is 1. The molecule has 0 saturated heterocycles. The number of hydrogen-bond donors (Lipinski definition) is 1. The number of aromatic nitrogens is 3. The first-order chi connectivity index (χ1) is 15.2. The van der Waals surface area contributed by atoms with Gasteiger partial charge in [0.15, 0.2) is 0 Å². The molecule has 0 aliphatic carbocycles. The van der Waals surface area contributed by atoms with Gasteiger partial charge in [-0.25, -0.2) is 4.98 Å². The number of thiazole rings is 1. The van der Waals surface area contributed by atoms with Crippen LogP contribution >= 0.6 is 11.3 Å². The molecule has 0 fully saturated rings. The molecule has 2 aromatic carbocycles. The first kappa shape index (κ1) is 19.3. The Kier molecular flexibility index (Phi) is 4.91. The van der Waals surface area contributed by atoms with Crippen LogP contribution in [0.15, 0.2) is 61.3 Å². The van der Waals surface area contributed by atoms with Crippen molar-refractivity contribution < 1.29 is 14.3 Å². The molecule has 0 radical (unpaired) electrons. The van der Waals surface area contributed by atoms with E-state index in [0.29, 0.717) is 24.0 Å². The number of carbonyl (C=O) groups is 1. The summed E-state index contributed by atoms with van der Waals surface area (Å²) in [6.07, 6.45) is 3.88. The van der Waals surface area contributed by atoms with Gasteiger partial charge in [0, 0.05) is 17.9 Å². The second-order valence-corrected chi connectivity index (χ2v) is 8.17. The van der Waals surface area contributed by atoms with Gasteiger partial charge < -0.3 is 14.8 Å². The van der Waals surface area contributed by atoms with Crippen molar-refractivity contribution in [2.75, 3.05) is 19.0 Å². The smallest absolute Gasteiger partial charge is 0.226 e. The van der Waals surface area contributed by atoms with Crippen LogP contribution in [0.5, 0.6) is 11.5 Å². The zero-order chi connectivity index (χ0) is 21.4. The summed E-state index contributed by atoms with van der Waals surface area (Å²) < 4.78 is 13.6. The lowest BCUT2D eigenvalue weighted by Crippen LogP contribution is -2.24. The molecule has 5 rings (SSSR count). The third-order valence-corrected chi connectivity index (χ3v) is 6.23. The van der Waals surface area contributed by atoms with Gasteiger partial charge in [0.05, 0.1) is 23.5 Å². The number of carbonyl (C=O) groups excluding carboxylic acids is 1. The molecule has 4 aromatic rings. The zero-order valence-corrected chi connectivity index (χ0v) is 17.7. The van der Waals surface area contributed by atoms with Crippen LogP contribution in [0.4, 0.5) is 5.82 Å². The quantitative estimate of drug-likeness (QED) is 0.453. The third kappa shape index (κ3) is 3.55. The molecule has 0 saturated carbocycles. The minimum Gasteiger partial charge on any atom is -0.497 e. The first-order valence-electron chi connectivity index (χ1n) is 9.82. The van der Waals surface area contributed by atoms with Crippen LogP contribution in [0.1, 0.15) is 23.5 Å². The Morgan fingerprint density at radius 3 is 2.84 bits per heavy atom. The van der Waals surface area contributed by atoms with Crippen LogP contribution < -0.4 is 14.8 Å². The number of fused-ring (bicyclic) bond motifs is 2. The molecule has 0 spiro atoms. The summed E-state index contributed by atoms with van der Waals surface area (Å²) >= 11 is 1.50. The predicted octanol–water partition coefficient (Wildman–Crippen LogP) is 4.53. The fraction of sp³-hybridized carbons (Fsp3) is 0.174. The molecule has 0 bridgehead atoms. The molecular weight excluding hydrogens is 412 g/mol. The van der Waals surface area contributed by atoms with Crippen molar-refractivity contribution in [3.8, 4) is 16.6 Å². The van der Waals surface area contributed by atoms with E-state index in [9.17, 15) is 4.79 Å². The fourth-order valence-electron chi connectivity index (χ4n) is 3.72. The highest BCUT2D eigenvalue weighted by Gasteiger charge is 2.31. The Balaban J connectivity index is 1.51. The average Bonchev–Trinajstić information content (AvgIpc) is 3.40. The molecule has 7 nitrogen and oxygen atoms in total. The van der Waals surface area contributed by atoms with E-state index in [1.807, 2.05) is 48.7 Å². The van der Waals surface area contributed by atoms with Crippen molar-refractivity contribution in [1.82, 2.24) is 14.8 Å². The van der Waals surface area contributed by atoms with Gasteiger partial charge in [0.1, 0.15) is 23.9 Å². The lowest BCUT2D eigenvalue weighted by molar-refractivity contribution is -0.116. The van der Waals surface area contributed by atoms with Gasteiger partial charge in [-0.05, 0) is 35.9 Å². The maximum atomic E-state index is 12.5. The highest BCUT2D eigenvalue weighted by Crippen LogP contribution is 2.39. The Morgan fingerprint density at radius 1 is 1.26 bits per heavy atom. The summed E-state index contributed by atoms with van der Waals surface area (Å²) in [7, 11) is 1.64. The number of benzene rings is 2. The summed E-state index contributed by atoms with van der Waals surface area (Å²) in [5, 5.41) is 8.23. The average molecular weight is 433 g/mol. The number of anilines is 1. The largest absolute Gasteiger partial charge is 0.497 e. The van der Waals surface area contributed by atoms with E-state index >= 15 is 0 Å². The van der Waals surface area contributed by atoms with Crippen LogP contribution in [0, 0.1) is 0 Å². The third-order valence-electron chi connectivity index (χ3n) is 5.24. The van der Waals surface area contributed by atoms with Crippen molar-refractivity contribution in [2.45, 2.75) is 12.3 Å². The van der Waals surface area contributed by atoms with E-state index in [-0.39, 0.29) is 11.8 Å². The molecule has 0 unspecified atom stereocenters. The van der Waals surface area contributed by atoms with E-state index < -0.39 is 0 Å². The summed E-state index contributed by atoms with van der Waals surface area (Å²) in [4.78, 5) is 17.2. The van der Waals surface area contributed by atoms with Crippen molar-refractivity contribution in [1.29, 1.82) is 0 Å². The highest BCUT2D eigenvalue weighted by molar-refractivity contribution is 7.20. The van der Waals surface area contributed by atoms with Crippen LogP contribution in [-0.2, 0) is 4.79 Å². The van der Waals surface area contributed by atoms with Crippen LogP contribution in [0.25, 0.3) is 15.3 Å². The van der Waals surface area contributed by atoms with Crippen LogP contribution in [0.2, 0.25) is 0 Å². The van der Waals surface area contributed by atoms with Gasteiger partial charge in [0.2, 0.25) is 11.0 Å².